The van der Waals surface area contributed by atoms with Crippen LogP contribution in [0.1, 0.15) is 31.6 Å². The number of nitrogens with one attached hydrogen (secondary N) is 1. The number of rotatable bonds is 3. The van der Waals surface area contributed by atoms with Crippen LogP contribution in [0, 0.1) is 0 Å². The van der Waals surface area contributed by atoms with Crippen LogP contribution in [0.2, 0.25) is 0 Å². The van der Waals surface area contributed by atoms with E-state index in [0.29, 0.717) is 12.2 Å². The van der Waals surface area contributed by atoms with Gasteiger partial charge in [-0.15, -0.1) is 0 Å². The molecule has 1 fully saturated rings. The van der Waals surface area contributed by atoms with Gasteiger partial charge in [0.2, 0.25) is 5.91 Å². The summed E-state index contributed by atoms with van der Waals surface area (Å²) < 4.78 is 0. The van der Waals surface area contributed by atoms with Crippen LogP contribution in [0.4, 0.5) is 0 Å². The maximum absolute atomic E-state index is 11.7. The Morgan fingerprint density at radius 3 is 2.79 bits per heavy atom. The van der Waals surface area contributed by atoms with E-state index < -0.39 is 0 Å². The molecular weight excluding hydrogens is 240 g/mol. The summed E-state index contributed by atoms with van der Waals surface area (Å²) >= 11 is 0. The molecule has 5 nitrogen and oxygen atoms in total. The number of likely N-dealkylation sites (tertiary alicyclic amines) is 1. The Morgan fingerprint density at radius 1 is 1.32 bits per heavy atom. The first kappa shape index (κ1) is 11.9. The average Bonchev–Trinajstić information content (AvgIpc) is 3.08. The van der Waals surface area contributed by atoms with Crippen molar-refractivity contribution in [1.82, 2.24) is 20.1 Å². The largest absolute Gasteiger partial charge is 0.333 e. The Kier molecular flexibility index (Phi) is 3.03. The lowest BCUT2D eigenvalue weighted by Gasteiger charge is -2.21. The van der Waals surface area contributed by atoms with E-state index in [2.05, 4.69) is 15.2 Å². The number of hydrogen-bond donors (Lipinski definition) is 1. The molecule has 2 aromatic rings. The molecule has 0 radical (unpaired) electrons. The number of hydrogen-bond acceptors (Lipinski definition) is 3. The second-order valence-corrected chi connectivity index (χ2v) is 4.78. The third-order valence-corrected chi connectivity index (χ3v) is 3.51. The zero-order valence-electron chi connectivity index (χ0n) is 10.8. The van der Waals surface area contributed by atoms with Crippen LogP contribution in [-0.4, -0.2) is 32.5 Å². The number of aromatic nitrogens is 3. The summed E-state index contributed by atoms with van der Waals surface area (Å²) in [6.07, 6.45) is 1.58. The van der Waals surface area contributed by atoms with Gasteiger partial charge in [-0.05, 0) is 13.3 Å². The fourth-order valence-corrected chi connectivity index (χ4v) is 2.40. The third-order valence-electron chi connectivity index (χ3n) is 3.51. The fourth-order valence-electron chi connectivity index (χ4n) is 2.40. The molecule has 1 aliphatic rings. The smallest absolute Gasteiger partial charge is 0.223 e. The van der Waals surface area contributed by atoms with Crippen molar-refractivity contribution in [2.45, 2.75) is 25.8 Å². The minimum Gasteiger partial charge on any atom is -0.333 e. The summed E-state index contributed by atoms with van der Waals surface area (Å²) in [6, 6.07) is 9.78. The van der Waals surface area contributed by atoms with Crippen molar-refractivity contribution < 1.29 is 4.79 Å². The van der Waals surface area contributed by atoms with Crippen molar-refractivity contribution in [3.05, 3.63) is 36.2 Å². The molecule has 1 N–H and O–H groups in total. The highest BCUT2D eigenvalue weighted by atomic mass is 16.2. The lowest BCUT2D eigenvalue weighted by atomic mass is 10.2. The molecule has 5 heteroatoms. The average molecular weight is 256 g/mol. The molecule has 1 aromatic carbocycles. The Balaban J connectivity index is 1.83. The first-order valence-corrected chi connectivity index (χ1v) is 6.53. The van der Waals surface area contributed by atoms with Crippen LogP contribution >= 0.6 is 0 Å². The van der Waals surface area contributed by atoms with Crippen molar-refractivity contribution in [1.29, 1.82) is 0 Å². The lowest BCUT2D eigenvalue weighted by molar-refractivity contribution is -0.129. The summed E-state index contributed by atoms with van der Waals surface area (Å²) in [5.41, 5.74) is 0.977. The SMILES string of the molecule is C[C@@H](c1nc(-c2ccccc2)n[nH]1)N1CCCC1=O. The summed E-state index contributed by atoms with van der Waals surface area (Å²) in [6.45, 7) is 2.79. The minimum absolute atomic E-state index is 0.0417. The van der Waals surface area contributed by atoms with Crippen molar-refractivity contribution in [3.63, 3.8) is 0 Å². The third kappa shape index (κ3) is 2.23. The van der Waals surface area contributed by atoms with Gasteiger partial charge in [0, 0.05) is 18.5 Å². The second-order valence-electron chi connectivity index (χ2n) is 4.78. The number of aromatic amines is 1. The fraction of sp³-hybridized carbons (Fsp3) is 0.357. The predicted molar refractivity (Wildman–Crippen MR) is 71.2 cm³/mol. The van der Waals surface area contributed by atoms with E-state index in [4.69, 9.17) is 0 Å². The van der Waals surface area contributed by atoms with Crippen LogP contribution in [-0.2, 0) is 4.79 Å². The van der Waals surface area contributed by atoms with Gasteiger partial charge in [0.1, 0.15) is 5.82 Å². The Morgan fingerprint density at radius 2 is 2.11 bits per heavy atom. The van der Waals surface area contributed by atoms with E-state index >= 15 is 0 Å². The van der Waals surface area contributed by atoms with Crippen molar-refractivity contribution in [3.8, 4) is 11.4 Å². The van der Waals surface area contributed by atoms with Crippen LogP contribution in [0.3, 0.4) is 0 Å². The second kappa shape index (κ2) is 4.84. The normalized spacial score (nSPS) is 16.9. The number of carbonyl (C=O) groups is 1. The van der Waals surface area contributed by atoms with Gasteiger partial charge < -0.3 is 4.90 Å². The first-order chi connectivity index (χ1) is 9.25. The van der Waals surface area contributed by atoms with Gasteiger partial charge in [-0.1, -0.05) is 30.3 Å². The standard InChI is InChI=1S/C14H16N4O/c1-10(18-9-5-8-12(18)19)13-15-14(17-16-13)11-6-3-2-4-7-11/h2-4,6-7,10H,5,8-9H2,1H3,(H,15,16,17)/t10-/m0/s1. The van der Waals surface area contributed by atoms with Crippen LogP contribution in [0.5, 0.6) is 0 Å². The van der Waals surface area contributed by atoms with Crippen molar-refractivity contribution in [2.75, 3.05) is 6.54 Å². The van der Waals surface area contributed by atoms with Crippen molar-refractivity contribution >= 4 is 5.91 Å². The topological polar surface area (TPSA) is 61.9 Å². The van der Waals surface area contributed by atoms with Gasteiger partial charge in [0.25, 0.3) is 0 Å². The van der Waals surface area contributed by atoms with Crippen LogP contribution in [0.15, 0.2) is 30.3 Å². The van der Waals surface area contributed by atoms with Gasteiger partial charge in [0.15, 0.2) is 5.82 Å². The molecule has 19 heavy (non-hydrogen) atoms. The van der Waals surface area contributed by atoms with Gasteiger partial charge in [-0.3, -0.25) is 9.89 Å². The molecule has 0 spiro atoms. The minimum atomic E-state index is -0.0417. The number of nitrogens with zero attached hydrogens (tertiary/aromatic N) is 3. The predicted octanol–water partition coefficient (Wildman–Crippen LogP) is 2.16. The quantitative estimate of drug-likeness (QED) is 0.915. The zero-order valence-corrected chi connectivity index (χ0v) is 10.8. The molecule has 3 rings (SSSR count). The van der Waals surface area contributed by atoms with Crippen LogP contribution in [0.25, 0.3) is 11.4 Å². The number of amides is 1. The van der Waals surface area contributed by atoms with E-state index in [0.717, 1.165) is 24.4 Å². The van der Waals surface area contributed by atoms with Gasteiger partial charge >= 0.3 is 0 Å². The summed E-state index contributed by atoms with van der Waals surface area (Å²) in [5.74, 6) is 1.62. The molecule has 1 saturated heterocycles. The highest BCUT2D eigenvalue weighted by molar-refractivity contribution is 5.78. The van der Waals surface area contributed by atoms with E-state index in [9.17, 15) is 4.79 Å². The number of carbonyl (C=O) groups excluding carboxylic acids is 1. The lowest BCUT2D eigenvalue weighted by Crippen LogP contribution is -2.28. The van der Waals surface area contributed by atoms with E-state index in [-0.39, 0.29) is 11.9 Å². The Labute approximate surface area is 111 Å². The van der Waals surface area contributed by atoms with Gasteiger partial charge in [0.05, 0.1) is 6.04 Å². The molecular formula is C14H16N4O. The molecule has 2 heterocycles. The van der Waals surface area contributed by atoms with E-state index in [1.165, 1.54) is 0 Å². The van der Waals surface area contributed by atoms with Gasteiger partial charge in [-0.2, -0.15) is 5.10 Å². The monoisotopic (exact) mass is 256 g/mol. The van der Waals surface area contributed by atoms with Crippen LogP contribution < -0.4 is 0 Å². The highest BCUT2D eigenvalue weighted by Crippen LogP contribution is 2.24. The number of H-pyrrole nitrogens is 1. The zero-order chi connectivity index (χ0) is 13.2. The first-order valence-electron chi connectivity index (χ1n) is 6.53. The molecule has 0 bridgehead atoms. The summed E-state index contributed by atoms with van der Waals surface area (Å²) in [5, 5.41) is 7.18. The summed E-state index contributed by atoms with van der Waals surface area (Å²) in [4.78, 5) is 18.1. The molecule has 1 aromatic heterocycles. The molecule has 1 amide bonds. The molecule has 1 atom stereocenters. The molecule has 1 aliphatic heterocycles. The number of benzene rings is 1. The molecule has 0 unspecified atom stereocenters. The van der Waals surface area contributed by atoms with E-state index in [1.54, 1.807) is 0 Å². The highest BCUT2D eigenvalue weighted by Gasteiger charge is 2.27. The molecule has 98 valence electrons. The van der Waals surface area contributed by atoms with E-state index in [1.807, 2.05) is 42.2 Å². The maximum Gasteiger partial charge on any atom is 0.223 e. The summed E-state index contributed by atoms with van der Waals surface area (Å²) in [7, 11) is 0. The molecule has 0 aliphatic carbocycles. The molecule has 0 saturated carbocycles. The maximum atomic E-state index is 11.7. The van der Waals surface area contributed by atoms with Gasteiger partial charge in [-0.25, -0.2) is 4.98 Å². The Bertz CT molecular complexity index is 578. The Hall–Kier alpha value is -2.17. The van der Waals surface area contributed by atoms with Crippen molar-refractivity contribution in [2.24, 2.45) is 0 Å².